The summed E-state index contributed by atoms with van der Waals surface area (Å²) in [6.45, 7) is 27.7. The molecule has 0 saturated heterocycles. The van der Waals surface area contributed by atoms with Crippen molar-refractivity contribution in [1.29, 1.82) is 0 Å². The van der Waals surface area contributed by atoms with E-state index in [1.54, 1.807) is 0 Å². The summed E-state index contributed by atoms with van der Waals surface area (Å²) in [5, 5.41) is 3.89. The largest absolute Gasteiger partial charge is 0.319 e. The molecule has 0 atom stereocenters. The lowest BCUT2D eigenvalue weighted by Crippen LogP contribution is -2.63. The molecular formula is C60H60BN3S. The van der Waals surface area contributed by atoms with Crippen molar-refractivity contribution in [2.75, 3.05) is 9.80 Å². The van der Waals surface area contributed by atoms with Crippen molar-refractivity contribution >= 4 is 99.8 Å². The molecule has 2 aliphatic heterocycles. The van der Waals surface area contributed by atoms with Crippen LogP contribution in [-0.2, 0) is 21.7 Å². The van der Waals surface area contributed by atoms with E-state index in [1.807, 2.05) is 11.3 Å². The standard InChI is InChI=1S/C60H60BN3S/c1-57(2,3)37-20-27-41(28-21-37)62-48-33-26-40(60(10,11)12)34-47(48)61-54-49(62)17-15-18-50(54)63(42-29-22-38(23-30-42)58(4,5)6)55-46-36-53-45(44-16-13-14-19-52(44)65-53)35-51(46)64(56(55)61)43-31-24-39(25-32-43)59(7,8)9/h13-36H,1-12H3. The predicted molar refractivity (Wildman–Crippen MR) is 285 cm³/mol. The smallest absolute Gasteiger partial charge is 0.273 e. The third kappa shape index (κ3) is 6.59. The highest BCUT2D eigenvalue weighted by atomic mass is 32.1. The minimum Gasteiger partial charge on any atom is -0.319 e. The number of benzene rings is 7. The third-order valence-electron chi connectivity index (χ3n) is 14.2. The van der Waals surface area contributed by atoms with Gasteiger partial charge in [-0.3, -0.25) is 0 Å². The average Bonchev–Trinajstić information content (AvgIpc) is 3.79. The molecule has 9 aromatic rings. The van der Waals surface area contributed by atoms with Crippen molar-refractivity contribution < 1.29 is 0 Å². The van der Waals surface area contributed by atoms with Gasteiger partial charge in [-0.15, -0.1) is 11.3 Å². The van der Waals surface area contributed by atoms with Crippen molar-refractivity contribution in [2.45, 2.75) is 105 Å². The van der Waals surface area contributed by atoms with Crippen LogP contribution in [0.4, 0.5) is 34.1 Å². The summed E-state index contributed by atoms with van der Waals surface area (Å²) in [6.07, 6.45) is 0. The van der Waals surface area contributed by atoms with Gasteiger partial charge in [-0.25, -0.2) is 0 Å². The molecule has 0 spiro atoms. The quantitative estimate of drug-likeness (QED) is 0.164. The van der Waals surface area contributed by atoms with Gasteiger partial charge >= 0.3 is 0 Å². The second-order valence-corrected chi connectivity index (χ2v) is 23.8. The van der Waals surface area contributed by atoms with Gasteiger partial charge in [-0.1, -0.05) is 156 Å². The molecule has 4 heterocycles. The molecule has 324 valence electrons. The van der Waals surface area contributed by atoms with Crippen LogP contribution >= 0.6 is 11.3 Å². The summed E-state index contributed by atoms with van der Waals surface area (Å²) in [4.78, 5) is 5.15. The zero-order chi connectivity index (χ0) is 45.5. The Bertz CT molecular complexity index is 3340. The van der Waals surface area contributed by atoms with Crippen LogP contribution in [-0.4, -0.2) is 11.3 Å². The van der Waals surface area contributed by atoms with E-state index in [0.29, 0.717) is 0 Å². The number of nitrogens with zero attached hydrogens (tertiary/aromatic N) is 3. The molecular weight excluding hydrogens is 806 g/mol. The average molecular weight is 866 g/mol. The van der Waals surface area contributed by atoms with Crippen molar-refractivity contribution in [3.63, 3.8) is 0 Å². The van der Waals surface area contributed by atoms with E-state index in [9.17, 15) is 0 Å². The number of rotatable bonds is 3. The highest BCUT2D eigenvalue weighted by molar-refractivity contribution is 7.25. The number of hydrogen-bond donors (Lipinski definition) is 0. The molecule has 65 heavy (non-hydrogen) atoms. The molecule has 2 aromatic heterocycles. The first-order valence-electron chi connectivity index (χ1n) is 23.5. The number of hydrogen-bond acceptors (Lipinski definition) is 3. The number of fused-ring (bicyclic) bond motifs is 9. The third-order valence-corrected chi connectivity index (χ3v) is 15.4. The zero-order valence-corrected chi connectivity index (χ0v) is 41.0. The molecule has 0 bridgehead atoms. The first-order chi connectivity index (χ1) is 30.8. The van der Waals surface area contributed by atoms with Gasteiger partial charge in [0.15, 0.2) is 0 Å². The lowest BCUT2D eigenvalue weighted by atomic mass is 9.34. The van der Waals surface area contributed by atoms with Crippen molar-refractivity contribution in [3.05, 3.63) is 168 Å². The summed E-state index contributed by atoms with van der Waals surface area (Å²) >= 11 is 1.90. The highest BCUT2D eigenvalue weighted by Gasteiger charge is 2.47. The highest BCUT2D eigenvalue weighted by Crippen LogP contribution is 2.49. The summed E-state index contributed by atoms with van der Waals surface area (Å²) in [5.74, 6) is 0. The molecule has 7 aromatic carbocycles. The Morgan fingerprint density at radius 1 is 0.400 bits per heavy atom. The summed E-state index contributed by atoms with van der Waals surface area (Å²) in [6, 6.07) is 56.5. The molecule has 0 radical (unpaired) electrons. The van der Waals surface area contributed by atoms with E-state index in [0.717, 1.165) is 0 Å². The van der Waals surface area contributed by atoms with Gasteiger partial charge < -0.3 is 14.4 Å². The van der Waals surface area contributed by atoms with Crippen LogP contribution in [0.5, 0.6) is 0 Å². The van der Waals surface area contributed by atoms with Crippen LogP contribution in [0, 0.1) is 0 Å². The monoisotopic (exact) mass is 865 g/mol. The minimum atomic E-state index is -0.0619. The van der Waals surface area contributed by atoms with Crippen LogP contribution in [0.1, 0.15) is 105 Å². The zero-order valence-electron chi connectivity index (χ0n) is 40.2. The Morgan fingerprint density at radius 3 is 1.48 bits per heavy atom. The Balaban J connectivity index is 1.30. The van der Waals surface area contributed by atoms with Crippen molar-refractivity contribution in [1.82, 2.24) is 4.57 Å². The normalized spacial score (nSPS) is 14.1. The number of thiophene rings is 1. The van der Waals surface area contributed by atoms with Gasteiger partial charge in [-0.2, -0.15) is 0 Å². The van der Waals surface area contributed by atoms with E-state index in [1.165, 1.54) is 110 Å². The molecule has 5 heteroatoms. The Kier molecular flexibility index (Phi) is 9.12. The summed E-state index contributed by atoms with van der Waals surface area (Å²) in [5.41, 5.74) is 19.1. The van der Waals surface area contributed by atoms with Gasteiger partial charge in [0, 0.05) is 65.3 Å². The summed E-state index contributed by atoms with van der Waals surface area (Å²) < 4.78 is 5.28. The fourth-order valence-corrected chi connectivity index (χ4v) is 11.7. The first kappa shape index (κ1) is 41.7. The van der Waals surface area contributed by atoms with Gasteiger partial charge in [0.1, 0.15) is 0 Å². The van der Waals surface area contributed by atoms with Crippen LogP contribution in [0.15, 0.2) is 146 Å². The van der Waals surface area contributed by atoms with Gasteiger partial charge in [0.05, 0.1) is 11.2 Å². The predicted octanol–water partition coefficient (Wildman–Crippen LogP) is 15.3. The van der Waals surface area contributed by atoms with Crippen LogP contribution in [0.2, 0.25) is 0 Å². The van der Waals surface area contributed by atoms with Gasteiger partial charge in [0.2, 0.25) is 0 Å². The fraction of sp³-hybridized carbons (Fsp3) is 0.267. The summed E-state index contributed by atoms with van der Waals surface area (Å²) in [7, 11) is 0. The van der Waals surface area contributed by atoms with Crippen LogP contribution in [0.25, 0.3) is 36.8 Å². The maximum Gasteiger partial charge on any atom is 0.273 e. The van der Waals surface area contributed by atoms with Gasteiger partial charge in [0.25, 0.3) is 6.71 Å². The van der Waals surface area contributed by atoms with Crippen LogP contribution < -0.4 is 26.3 Å². The second kappa shape index (κ2) is 14.2. The molecule has 0 aliphatic carbocycles. The van der Waals surface area contributed by atoms with E-state index in [2.05, 4.69) is 243 Å². The maximum absolute atomic E-state index is 2.64. The Morgan fingerprint density at radius 2 is 0.908 bits per heavy atom. The Labute approximate surface area is 390 Å². The molecule has 0 fully saturated rings. The van der Waals surface area contributed by atoms with E-state index in [-0.39, 0.29) is 28.4 Å². The van der Waals surface area contributed by atoms with Gasteiger partial charge in [-0.05, 0) is 128 Å². The van der Waals surface area contributed by atoms with Crippen molar-refractivity contribution in [2.24, 2.45) is 0 Å². The Hall–Kier alpha value is -6.04. The lowest BCUT2D eigenvalue weighted by molar-refractivity contribution is 0.590. The maximum atomic E-state index is 2.64. The SMILES string of the molecule is CC(C)(C)c1ccc(N2c3ccc(C(C)(C)C)cc3B3c4c2cccc4N(c2ccc(C(C)(C)C)cc2)c2c3n(-c3ccc(C(C)(C)C)cc3)c3cc4c(cc23)sc2ccccc24)cc1. The van der Waals surface area contributed by atoms with E-state index in [4.69, 9.17) is 0 Å². The van der Waals surface area contributed by atoms with E-state index < -0.39 is 0 Å². The van der Waals surface area contributed by atoms with Crippen LogP contribution in [0.3, 0.4) is 0 Å². The molecule has 11 rings (SSSR count). The molecule has 0 amide bonds. The first-order valence-corrected chi connectivity index (χ1v) is 24.3. The second-order valence-electron chi connectivity index (χ2n) is 22.8. The molecule has 2 aliphatic rings. The number of aromatic nitrogens is 1. The fourth-order valence-electron chi connectivity index (χ4n) is 10.5. The van der Waals surface area contributed by atoms with E-state index >= 15 is 0 Å². The molecule has 3 nitrogen and oxygen atoms in total. The molecule has 0 saturated carbocycles. The number of anilines is 6. The molecule has 0 unspecified atom stereocenters. The topological polar surface area (TPSA) is 11.4 Å². The minimum absolute atomic E-state index is 0.0299. The lowest BCUT2D eigenvalue weighted by Gasteiger charge is -2.44. The van der Waals surface area contributed by atoms with Crippen molar-refractivity contribution in [3.8, 4) is 5.69 Å². The molecule has 0 N–H and O–H groups in total.